The summed E-state index contributed by atoms with van der Waals surface area (Å²) in [6.07, 6.45) is 1.08. The summed E-state index contributed by atoms with van der Waals surface area (Å²) >= 11 is 1.29. The van der Waals surface area contributed by atoms with Gasteiger partial charge in [-0.1, -0.05) is 12.1 Å². The van der Waals surface area contributed by atoms with Gasteiger partial charge in [-0.05, 0) is 60.2 Å². The Morgan fingerprint density at radius 2 is 1.73 bits per heavy atom. The van der Waals surface area contributed by atoms with Crippen molar-refractivity contribution in [2.45, 2.75) is 0 Å². The third kappa shape index (κ3) is 5.05. The smallest absolute Gasteiger partial charge is 0.255 e. The Labute approximate surface area is 255 Å². The molecule has 6 rings (SSSR count). The van der Waals surface area contributed by atoms with Gasteiger partial charge in [-0.25, -0.2) is 22.2 Å². The second kappa shape index (κ2) is 11.0. The highest BCUT2D eigenvalue weighted by Crippen LogP contribution is 2.44. The first-order valence-electron chi connectivity index (χ1n) is 13.3. The van der Waals surface area contributed by atoms with Gasteiger partial charge in [0, 0.05) is 36.7 Å². The molecule has 0 aliphatic heterocycles. The lowest BCUT2D eigenvalue weighted by molar-refractivity contribution is 0.0964. The SMILES string of the molecule is CNC(=O)c1c(-c2ccc(F)cc2)oc2cc(N(C)S(C)(=O)=O)c(-c3ccc(OC)c(-c4nc5c(F)cccc5s4)c3)cc12. The van der Waals surface area contributed by atoms with Gasteiger partial charge in [-0.15, -0.1) is 11.3 Å². The van der Waals surface area contributed by atoms with Crippen molar-refractivity contribution < 1.29 is 31.1 Å². The molecule has 0 aliphatic rings. The summed E-state index contributed by atoms with van der Waals surface area (Å²) < 4.78 is 67.3. The number of benzene rings is 4. The fourth-order valence-corrected chi connectivity index (χ4v) is 6.54. The molecule has 0 unspecified atom stereocenters. The van der Waals surface area contributed by atoms with E-state index in [9.17, 15) is 22.0 Å². The Balaban J connectivity index is 1.64. The van der Waals surface area contributed by atoms with E-state index in [-0.39, 0.29) is 28.1 Å². The monoisotopic (exact) mass is 633 g/mol. The number of hydrogen-bond donors (Lipinski definition) is 1. The lowest BCUT2D eigenvalue weighted by atomic mass is 9.97. The summed E-state index contributed by atoms with van der Waals surface area (Å²) in [5, 5.41) is 3.56. The number of thiazole rings is 1. The number of hydrogen-bond acceptors (Lipinski definition) is 7. The first-order chi connectivity index (χ1) is 21.0. The van der Waals surface area contributed by atoms with Crippen LogP contribution >= 0.6 is 11.3 Å². The Morgan fingerprint density at radius 1 is 1.00 bits per heavy atom. The minimum atomic E-state index is -3.74. The van der Waals surface area contributed by atoms with Crippen LogP contribution in [0.25, 0.3) is 54.2 Å². The largest absolute Gasteiger partial charge is 0.496 e. The van der Waals surface area contributed by atoms with Crippen molar-refractivity contribution in [1.29, 1.82) is 0 Å². The molecule has 12 heteroatoms. The first kappa shape index (κ1) is 29.3. The van der Waals surface area contributed by atoms with E-state index in [1.165, 1.54) is 62.9 Å². The minimum absolute atomic E-state index is 0.205. The third-order valence-electron chi connectivity index (χ3n) is 7.31. The van der Waals surface area contributed by atoms with Crippen LogP contribution < -0.4 is 14.4 Å². The highest BCUT2D eigenvalue weighted by molar-refractivity contribution is 7.92. The quantitative estimate of drug-likeness (QED) is 0.202. The summed E-state index contributed by atoms with van der Waals surface area (Å²) in [5.74, 6) is -0.639. The molecule has 0 saturated carbocycles. The summed E-state index contributed by atoms with van der Waals surface area (Å²) in [7, 11) is 0.680. The number of methoxy groups -OCH3 is 1. The normalized spacial score (nSPS) is 11.7. The molecule has 0 aliphatic carbocycles. The molecule has 1 N–H and O–H groups in total. The standard InChI is InChI=1S/C32H25F2N3O5S2/c1-35-31(38)28-21-15-20(18-10-13-25(41-3)22(14-18)32-36-29-23(34)6-5-7-27(29)43-32)24(37(2)44(4,39)40)16-26(21)42-30(28)17-8-11-19(33)12-9-17/h5-16H,1-4H3,(H,35,38). The molecule has 0 saturated heterocycles. The van der Waals surface area contributed by atoms with Gasteiger partial charge < -0.3 is 14.5 Å². The molecule has 0 radical (unpaired) electrons. The van der Waals surface area contributed by atoms with Crippen LogP contribution in [0.4, 0.5) is 14.5 Å². The molecule has 4 aromatic carbocycles. The molecule has 8 nitrogen and oxygen atoms in total. The minimum Gasteiger partial charge on any atom is -0.496 e. The van der Waals surface area contributed by atoms with Crippen molar-refractivity contribution in [1.82, 2.24) is 10.3 Å². The van der Waals surface area contributed by atoms with Gasteiger partial charge in [0.05, 0.1) is 34.9 Å². The second-order valence-electron chi connectivity index (χ2n) is 10.0. The fourth-order valence-electron chi connectivity index (χ4n) is 5.03. The summed E-state index contributed by atoms with van der Waals surface area (Å²) in [5.41, 5.74) is 3.08. The molecular formula is C32H25F2N3O5S2. The van der Waals surface area contributed by atoms with Crippen molar-refractivity contribution in [3.63, 3.8) is 0 Å². The van der Waals surface area contributed by atoms with Crippen LogP contribution in [0.2, 0.25) is 0 Å². The van der Waals surface area contributed by atoms with Gasteiger partial charge in [0.25, 0.3) is 5.91 Å². The van der Waals surface area contributed by atoms with E-state index in [4.69, 9.17) is 9.15 Å². The molecular weight excluding hydrogens is 608 g/mol. The number of para-hydroxylation sites is 1. The van der Waals surface area contributed by atoms with Crippen molar-refractivity contribution in [2.75, 3.05) is 31.8 Å². The Morgan fingerprint density at radius 3 is 2.39 bits per heavy atom. The van der Waals surface area contributed by atoms with Crippen molar-refractivity contribution >= 4 is 54.1 Å². The number of amides is 1. The topological polar surface area (TPSA) is 102 Å². The van der Waals surface area contributed by atoms with Crippen molar-refractivity contribution in [3.8, 4) is 38.8 Å². The molecule has 0 fully saturated rings. The Hall–Kier alpha value is -4.81. The van der Waals surface area contributed by atoms with Crippen LogP contribution in [0.5, 0.6) is 5.75 Å². The second-order valence-corrected chi connectivity index (χ2v) is 13.1. The van der Waals surface area contributed by atoms with Gasteiger partial charge in [0.15, 0.2) is 0 Å². The molecule has 2 heterocycles. The van der Waals surface area contributed by atoms with Gasteiger partial charge >= 0.3 is 0 Å². The van der Waals surface area contributed by atoms with Gasteiger partial charge in [0.2, 0.25) is 10.0 Å². The maximum Gasteiger partial charge on any atom is 0.255 e. The van der Waals surface area contributed by atoms with Crippen LogP contribution in [0, 0.1) is 11.6 Å². The summed E-state index contributed by atoms with van der Waals surface area (Å²) in [6, 6.07) is 18.8. The number of fused-ring (bicyclic) bond motifs is 2. The van der Waals surface area contributed by atoms with Gasteiger partial charge in [-0.3, -0.25) is 9.10 Å². The van der Waals surface area contributed by atoms with Crippen molar-refractivity contribution in [3.05, 3.63) is 90.0 Å². The van der Waals surface area contributed by atoms with E-state index >= 15 is 0 Å². The van der Waals surface area contributed by atoms with Crippen LogP contribution in [0.1, 0.15) is 10.4 Å². The number of carbonyl (C=O) groups excluding carboxylic acids is 1. The molecule has 44 heavy (non-hydrogen) atoms. The van der Waals surface area contributed by atoms with Crippen LogP contribution in [-0.4, -0.2) is 46.8 Å². The molecule has 224 valence electrons. The molecule has 6 aromatic rings. The van der Waals surface area contributed by atoms with Crippen molar-refractivity contribution in [2.24, 2.45) is 0 Å². The molecule has 2 aromatic heterocycles. The zero-order valence-electron chi connectivity index (χ0n) is 23.9. The highest BCUT2D eigenvalue weighted by atomic mass is 32.2. The van der Waals surface area contributed by atoms with E-state index in [2.05, 4.69) is 10.3 Å². The number of sulfonamides is 1. The zero-order chi connectivity index (χ0) is 31.3. The predicted octanol–water partition coefficient (Wildman–Crippen LogP) is 7.09. The number of aromatic nitrogens is 1. The lowest BCUT2D eigenvalue weighted by Crippen LogP contribution is -2.25. The van der Waals surface area contributed by atoms with Crippen LogP contribution in [0.15, 0.2) is 77.2 Å². The average molecular weight is 634 g/mol. The van der Waals surface area contributed by atoms with Crippen LogP contribution in [0.3, 0.4) is 0 Å². The average Bonchev–Trinajstić information content (AvgIpc) is 3.62. The van der Waals surface area contributed by atoms with Gasteiger partial charge in [-0.2, -0.15) is 0 Å². The van der Waals surface area contributed by atoms with Gasteiger partial charge in [0.1, 0.15) is 39.3 Å². The third-order valence-corrected chi connectivity index (χ3v) is 9.56. The number of halogens is 2. The number of rotatable bonds is 7. The summed E-state index contributed by atoms with van der Waals surface area (Å²) in [4.78, 5) is 17.7. The molecule has 1 amide bonds. The maximum atomic E-state index is 14.5. The number of nitrogens with zero attached hydrogens (tertiary/aromatic N) is 2. The lowest BCUT2D eigenvalue weighted by Gasteiger charge is -2.21. The highest BCUT2D eigenvalue weighted by Gasteiger charge is 2.26. The Bertz CT molecular complexity index is 2190. The molecule has 0 bridgehead atoms. The number of carbonyl (C=O) groups is 1. The van der Waals surface area contributed by atoms with Crippen LogP contribution in [-0.2, 0) is 10.0 Å². The van der Waals surface area contributed by atoms with E-state index in [1.54, 1.807) is 42.5 Å². The number of anilines is 1. The molecule has 0 atom stereocenters. The Kier molecular flexibility index (Phi) is 7.34. The predicted molar refractivity (Wildman–Crippen MR) is 169 cm³/mol. The fraction of sp³-hybridized carbons (Fsp3) is 0.125. The number of furan rings is 1. The van der Waals surface area contributed by atoms with E-state index < -0.39 is 27.6 Å². The van der Waals surface area contributed by atoms with E-state index in [1.807, 2.05) is 0 Å². The first-order valence-corrected chi connectivity index (χ1v) is 15.9. The number of nitrogens with one attached hydrogen (secondary N) is 1. The van der Waals surface area contributed by atoms with E-state index in [0.29, 0.717) is 43.1 Å². The summed E-state index contributed by atoms with van der Waals surface area (Å²) in [6.45, 7) is 0. The van der Waals surface area contributed by atoms with E-state index in [0.717, 1.165) is 10.6 Å². The number of ether oxygens (including phenoxy) is 1. The zero-order valence-corrected chi connectivity index (χ0v) is 25.6. The maximum absolute atomic E-state index is 14.5. The molecule has 0 spiro atoms.